The number of hydrogen-bond donors (Lipinski definition) is 0. The average molecular weight is 341 g/mol. The molecule has 1 fully saturated rings. The number of aryl methyl sites for hydroxylation is 1. The standard InChI is InChI=1S/C19H27N5O/c1-19(2,3)17-8-9-18(21-20-17)24-10-13(11-24)23(4)12-15-14-6-5-7-16(14)25-22-15/h8-9,13H,5-7,10-12H2,1-4H3. The number of rotatable bonds is 4. The molecule has 0 bridgehead atoms. The van der Waals surface area contributed by atoms with E-state index in [0.29, 0.717) is 6.04 Å². The van der Waals surface area contributed by atoms with Crippen LogP contribution in [0.4, 0.5) is 5.82 Å². The van der Waals surface area contributed by atoms with E-state index in [4.69, 9.17) is 4.52 Å². The second-order valence-corrected chi connectivity index (χ2v) is 8.39. The van der Waals surface area contributed by atoms with Crippen LogP contribution in [0.1, 0.15) is 49.9 Å². The maximum Gasteiger partial charge on any atom is 0.151 e. The molecule has 0 aromatic carbocycles. The summed E-state index contributed by atoms with van der Waals surface area (Å²) in [5.41, 5.74) is 3.56. The Morgan fingerprint density at radius 1 is 1.20 bits per heavy atom. The first-order valence-corrected chi connectivity index (χ1v) is 9.17. The fourth-order valence-corrected chi connectivity index (χ4v) is 3.59. The van der Waals surface area contributed by atoms with Gasteiger partial charge in [0.15, 0.2) is 5.82 Å². The summed E-state index contributed by atoms with van der Waals surface area (Å²) in [7, 11) is 2.17. The highest BCUT2D eigenvalue weighted by molar-refractivity contribution is 5.42. The molecule has 0 amide bonds. The summed E-state index contributed by atoms with van der Waals surface area (Å²) in [5, 5.41) is 13.1. The van der Waals surface area contributed by atoms with E-state index in [1.807, 2.05) is 0 Å². The lowest BCUT2D eigenvalue weighted by Crippen LogP contribution is -2.58. The topological polar surface area (TPSA) is 58.3 Å². The lowest BCUT2D eigenvalue weighted by atomic mass is 9.92. The van der Waals surface area contributed by atoms with Crippen LogP contribution in [-0.4, -0.2) is 46.4 Å². The Hall–Kier alpha value is -1.95. The van der Waals surface area contributed by atoms with Gasteiger partial charge in [-0.25, -0.2) is 0 Å². The molecule has 0 atom stereocenters. The fraction of sp³-hybridized carbons (Fsp3) is 0.632. The molecular weight excluding hydrogens is 314 g/mol. The Labute approximate surface area is 149 Å². The Balaban J connectivity index is 1.33. The van der Waals surface area contributed by atoms with Crippen LogP contribution >= 0.6 is 0 Å². The van der Waals surface area contributed by atoms with Crippen molar-refractivity contribution >= 4 is 5.82 Å². The van der Waals surface area contributed by atoms with Crippen molar-refractivity contribution in [2.45, 2.75) is 58.0 Å². The van der Waals surface area contributed by atoms with Crippen LogP contribution in [0.25, 0.3) is 0 Å². The van der Waals surface area contributed by atoms with Gasteiger partial charge in [0.05, 0.1) is 5.69 Å². The van der Waals surface area contributed by atoms with Gasteiger partial charge < -0.3 is 9.42 Å². The van der Waals surface area contributed by atoms with Crippen LogP contribution in [0.15, 0.2) is 16.7 Å². The maximum atomic E-state index is 5.46. The van der Waals surface area contributed by atoms with Gasteiger partial charge in [0.1, 0.15) is 11.5 Å². The van der Waals surface area contributed by atoms with Crippen LogP contribution in [0.3, 0.4) is 0 Å². The molecule has 134 valence electrons. The third kappa shape index (κ3) is 3.15. The van der Waals surface area contributed by atoms with E-state index in [2.05, 4.69) is 65.1 Å². The van der Waals surface area contributed by atoms with Gasteiger partial charge in [-0.05, 0) is 32.0 Å². The molecule has 1 aliphatic carbocycles. The predicted octanol–water partition coefficient (Wildman–Crippen LogP) is 2.57. The van der Waals surface area contributed by atoms with Gasteiger partial charge in [-0.3, -0.25) is 4.90 Å². The van der Waals surface area contributed by atoms with Gasteiger partial charge in [0.25, 0.3) is 0 Å². The molecule has 0 unspecified atom stereocenters. The molecule has 2 aromatic rings. The van der Waals surface area contributed by atoms with Crippen LogP contribution in [-0.2, 0) is 24.8 Å². The molecule has 0 spiro atoms. The monoisotopic (exact) mass is 341 g/mol. The van der Waals surface area contributed by atoms with Crippen molar-refractivity contribution in [3.8, 4) is 0 Å². The lowest BCUT2D eigenvalue weighted by molar-refractivity contribution is 0.191. The number of hydrogen-bond acceptors (Lipinski definition) is 6. The second kappa shape index (κ2) is 6.09. The van der Waals surface area contributed by atoms with E-state index in [0.717, 1.165) is 55.4 Å². The highest BCUT2D eigenvalue weighted by Gasteiger charge is 2.32. The van der Waals surface area contributed by atoms with Crippen molar-refractivity contribution in [1.82, 2.24) is 20.3 Å². The average Bonchev–Trinajstić information content (AvgIpc) is 3.10. The number of nitrogens with zero attached hydrogens (tertiary/aromatic N) is 5. The maximum absolute atomic E-state index is 5.46. The first-order chi connectivity index (χ1) is 11.9. The van der Waals surface area contributed by atoms with Crippen molar-refractivity contribution in [3.05, 3.63) is 34.8 Å². The summed E-state index contributed by atoms with van der Waals surface area (Å²) >= 11 is 0. The smallest absolute Gasteiger partial charge is 0.151 e. The van der Waals surface area contributed by atoms with Gasteiger partial charge in [0, 0.05) is 43.1 Å². The highest BCUT2D eigenvalue weighted by atomic mass is 16.5. The molecule has 2 aliphatic rings. The third-order valence-corrected chi connectivity index (χ3v) is 5.41. The van der Waals surface area contributed by atoms with Crippen molar-refractivity contribution < 1.29 is 4.52 Å². The minimum atomic E-state index is 0.0427. The quantitative estimate of drug-likeness (QED) is 0.852. The van der Waals surface area contributed by atoms with E-state index in [1.165, 1.54) is 12.0 Å². The molecule has 3 heterocycles. The zero-order valence-corrected chi connectivity index (χ0v) is 15.6. The normalized spacial score (nSPS) is 17.9. The number of anilines is 1. The van der Waals surface area contributed by atoms with Crippen molar-refractivity contribution in [2.75, 3.05) is 25.0 Å². The first kappa shape index (κ1) is 16.5. The van der Waals surface area contributed by atoms with Gasteiger partial charge >= 0.3 is 0 Å². The van der Waals surface area contributed by atoms with Crippen LogP contribution in [0, 0.1) is 0 Å². The van der Waals surface area contributed by atoms with E-state index in [9.17, 15) is 0 Å². The van der Waals surface area contributed by atoms with E-state index >= 15 is 0 Å². The molecular formula is C19H27N5O. The number of aromatic nitrogens is 3. The third-order valence-electron chi connectivity index (χ3n) is 5.41. The van der Waals surface area contributed by atoms with Crippen molar-refractivity contribution in [2.24, 2.45) is 0 Å². The molecule has 0 saturated carbocycles. The van der Waals surface area contributed by atoms with Crippen LogP contribution < -0.4 is 4.90 Å². The zero-order chi connectivity index (χ0) is 17.6. The van der Waals surface area contributed by atoms with E-state index in [-0.39, 0.29) is 5.41 Å². The number of fused-ring (bicyclic) bond motifs is 1. The Morgan fingerprint density at radius 3 is 2.68 bits per heavy atom. The second-order valence-electron chi connectivity index (χ2n) is 8.39. The molecule has 6 heteroatoms. The van der Waals surface area contributed by atoms with Crippen LogP contribution in [0.2, 0.25) is 0 Å². The lowest BCUT2D eigenvalue weighted by Gasteiger charge is -2.44. The Morgan fingerprint density at radius 2 is 2.00 bits per heavy atom. The molecule has 0 N–H and O–H groups in total. The largest absolute Gasteiger partial charge is 0.361 e. The van der Waals surface area contributed by atoms with Crippen LogP contribution in [0.5, 0.6) is 0 Å². The highest BCUT2D eigenvalue weighted by Crippen LogP contribution is 2.28. The molecule has 0 radical (unpaired) electrons. The van der Waals surface area contributed by atoms with E-state index in [1.54, 1.807) is 0 Å². The van der Waals surface area contributed by atoms with Gasteiger partial charge in [0.2, 0.25) is 0 Å². The predicted molar refractivity (Wildman–Crippen MR) is 96.7 cm³/mol. The molecule has 1 saturated heterocycles. The molecule has 6 nitrogen and oxygen atoms in total. The molecule has 25 heavy (non-hydrogen) atoms. The Bertz CT molecular complexity index is 740. The summed E-state index contributed by atoms with van der Waals surface area (Å²) in [6.07, 6.45) is 3.37. The minimum Gasteiger partial charge on any atom is -0.361 e. The Kier molecular flexibility index (Phi) is 4.02. The summed E-state index contributed by atoms with van der Waals surface area (Å²) in [6, 6.07) is 4.71. The summed E-state index contributed by atoms with van der Waals surface area (Å²) in [6.45, 7) is 9.32. The first-order valence-electron chi connectivity index (χ1n) is 9.17. The molecule has 4 rings (SSSR count). The molecule has 2 aromatic heterocycles. The minimum absolute atomic E-state index is 0.0427. The van der Waals surface area contributed by atoms with Crippen molar-refractivity contribution in [3.63, 3.8) is 0 Å². The summed E-state index contributed by atoms with van der Waals surface area (Å²) < 4.78 is 5.46. The van der Waals surface area contributed by atoms with Gasteiger partial charge in [-0.15, -0.1) is 5.10 Å². The zero-order valence-electron chi connectivity index (χ0n) is 15.6. The van der Waals surface area contributed by atoms with Gasteiger partial charge in [-0.1, -0.05) is 25.9 Å². The fourth-order valence-electron chi connectivity index (χ4n) is 3.59. The van der Waals surface area contributed by atoms with Gasteiger partial charge in [-0.2, -0.15) is 5.10 Å². The summed E-state index contributed by atoms with van der Waals surface area (Å²) in [5.74, 6) is 2.08. The SMILES string of the molecule is CN(Cc1noc2c1CCC2)C1CN(c2ccc(C(C)(C)C)nn2)C1. The van der Waals surface area contributed by atoms with E-state index < -0.39 is 0 Å². The van der Waals surface area contributed by atoms with Crippen molar-refractivity contribution in [1.29, 1.82) is 0 Å². The number of likely N-dealkylation sites (N-methyl/N-ethyl adjacent to an activating group) is 1. The molecule has 1 aliphatic heterocycles. The summed E-state index contributed by atoms with van der Waals surface area (Å²) in [4.78, 5) is 4.66.